The van der Waals surface area contributed by atoms with Gasteiger partial charge in [-0.15, -0.1) is 0 Å². The van der Waals surface area contributed by atoms with Gasteiger partial charge in [-0.25, -0.2) is 4.79 Å². The number of benzene rings is 3. The Morgan fingerprint density at radius 2 is 1.69 bits per heavy atom. The summed E-state index contributed by atoms with van der Waals surface area (Å²) in [6, 6.07) is 22.8. The maximum atomic E-state index is 13.2. The van der Waals surface area contributed by atoms with Gasteiger partial charge in [-0.05, 0) is 56.2 Å². The van der Waals surface area contributed by atoms with E-state index in [1.807, 2.05) is 51.1 Å². The molecule has 2 atom stereocenters. The second kappa shape index (κ2) is 10.4. The highest BCUT2D eigenvalue weighted by Crippen LogP contribution is 2.35. The zero-order chi connectivity index (χ0) is 24.9. The fourth-order valence-corrected chi connectivity index (χ4v) is 4.06. The fraction of sp³-hybridized carbons (Fsp3) is 0.250. The summed E-state index contributed by atoms with van der Waals surface area (Å²) in [5, 5.41) is 5.79. The molecule has 7 heteroatoms. The lowest BCUT2D eigenvalue weighted by atomic mass is 9.99. The number of rotatable bonds is 7. The summed E-state index contributed by atoms with van der Waals surface area (Å²) in [6.45, 7) is 5.98. The summed E-state index contributed by atoms with van der Waals surface area (Å²) in [7, 11) is 0. The van der Waals surface area contributed by atoms with Crippen LogP contribution in [0.2, 0.25) is 0 Å². The second-order valence-corrected chi connectivity index (χ2v) is 8.97. The Morgan fingerprint density at radius 1 is 0.971 bits per heavy atom. The Bertz CT molecular complexity index is 1210. The minimum absolute atomic E-state index is 0.100. The van der Waals surface area contributed by atoms with Gasteiger partial charge in [0.2, 0.25) is 5.91 Å². The third-order valence-corrected chi connectivity index (χ3v) is 5.77. The number of amides is 3. The van der Waals surface area contributed by atoms with Gasteiger partial charge in [0.15, 0.2) is 12.1 Å². The van der Waals surface area contributed by atoms with Crippen molar-refractivity contribution in [2.75, 3.05) is 5.32 Å². The highest BCUT2D eigenvalue weighted by atomic mass is 16.6. The summed E-state index contributed by atoms with van der Waals surface area (Å²) < 4.78 is 5.73. The number of cyclic esters (lactones) is 1. The van der Waals surface area contributed by atoms with Crippen molar-refractivity contribution in [2.24, 2.45) is 0 Å². The van der Waals surface area contributed by atoms with Crippen molar-refractivity contribution >= 4 is 23.6 Å². The third-order valence-electron chi connectivity index (χ3n) is 5.77. The van der Waals surface area contributed by atoms with Crippen LogP contribution in [-0.2, 0) is 16.1 Å². The van der Waals surface area contributed by atoms with Gasteiger partial charge in [0.1, 0.15) is 0 Å². The number of nitrogens with zero attached hydrogens (tertiary/aromatic N) is 1. The van der Waals surface area contributed by atoms with Crippen molar-refractivity contribution in [2.45, 2.75) is 45.5 Å². The Morgan fingerprint density at radius 3 is 2.37 bits per heavy atom. The minimum Gasteiger partial charge on any atom is -0.438 e. The molecule has 1 aliphatic rings. The van der Waals surface area contributed by atoms with Crippen LogP contribution in [0.4, 0.5) is 10.5 Å². The van der Waals surface area contributed by atoms with Gasteiger partial charge < -0.3 is 15.4 Å². The van der Waals surface area contributed by atoms with Crippen molar-refractivity contribution in [3.8, 4) is 0 Å². The van der Waals surface area contributed by atoms with Crippen LogP contribution in [0.3, 0.4) is 0 Å². The molecule has 0 radical (unpaired) electrons. The van der Waals surface area contributed by atoms with Crippen molar-refractivity contribution < 1.29 is 19.1 Å². The number of ether oxygens (including phenoxy) is 1. The molecule has 4 rings (SSSR count). The number of carbonyl (C=O) groups excluding carboxylic acids is 3. The van der Waals surface area contributed by atoms with Crippen LogP contribution in [0.5, 0.6) is 0 Å². The third kappa shape index (κ3) is 5.69. The standard InChI is InChI=1S/C28H29N3O4/c1-18(2)29-27(33)24-25(35-28(34)31(24)17-20-14-12-19(3)13-15-20)22-10-7-11-23(16-22)30-26(32)21-8-5-4-6-9-21/h4-16,18,24-25H,17H2,1-3H3,(H,29,33)(H,30,32). The molecule has 1 heterocycles. The average molecular weight is 472 g/mol. The summed E-state index contributed by atoms with van der Waals surface area (Å²) in [6.07, 6.45) is -1.38. The van der Waals surface area contributed by atoms with E-state index in [0.29, 0.717) is 16.8 Å². The van der Waals surface area contributed by atoms with Crippen LogP contribution >= 0.6 is 0 Å². The van der Waals surface area contributed by atoms with E-state index in [9.17, 15) is 14.4 Å². The molecule has 3 aromatic carbocycles. The molecular formula is C28H29N3O4. The molecule has 0 aliphatic carbocycles. The molecule has 3 amide bonds. The summed E-state index contributed by atoms with van der Waals surface area (Å²) >= 11 is 0. The average Bonchev–Trinajstić information content (AvgIpc) is 3.17. The molecule has 1 fully saturated rings. The van der Waals surface area contributed by atoms with E-state index in [4.69, 9.17) is 4.74 Å². The predicted octanol–water partition coefficient (Wildman–Crippen LogP) is 4.83. The first-order valence-electron chi connectivity index (χ1n) is 11.6. The van der Waals surface area contributed by atoms with Gasteiger partial charge in [-0.1, -0.05) is 60.2 Å². The number of hydrogen-bond donors (Lipinski definition) is 2. The molecule has 0 saturated carbocycles. The molecule has 1 saturated heterocycles. The van der Waals surface area contributed by atoms with Crippen LogP contribution in [-0.4, -0.2) is 34.9 Å². The molecule has 0 spiro atoms. The van der Waals surface area contributed by atoms with E-state index >= 15 is 0 Å². The van der Waals surface area contributed by atoms with E-state index in [1.165, 1.54) is 4.90 Å². The maximum Gasteiger partial charge on any atom is 0.411 e. The van der Waals surface area contributed by atoms with Gasteiger partial charge in [0, 0.05) is 17.3 Å². The van der Waals surface area contributed by atoms with Crippen LogP contribution < -0.4 is 10.6 Å². The maximum absolute atomic E-state index is 13.2. The molecule has 35 heavy (non-hydrogen) atoms. The van der Waals surface area contributed by atoms with Gasteiger partial charge in [-0.2, -0.15) is 0 Å². The molecule has 2 unspecified atom stereocenters. The predicted molar refractivity (Wildman–Crippen MR) is 134 cm³/mol. The smallest absolute Gasteiger partial charge is 0.411 e. The topological polar surface area (TPSA) is 87.7 Å². The molecule has 2 N–H and O–H groups in total. The van der Waals surface area contributed by atoms with E-state index in [2.05, 4.69) is 10.6 Å². The second-order valence-electron chi connectivity index (χ2n) is 8.97. The monoisotopic (exact) mass is 471 g/mol. The van der Waals surface area contributed by atoms with E-state index in [0.717, 1.165) is 11.1 Å². The number of carbonyl (C=O) groups is 3. The van der Waals surface area contributed by atoms with Crippen molar-refractivity contribution in [1.82, 2.24) is 10.2 Å². The zero-order valence-corrected chi connectivity index (χ0v) is 20.0. The lowest BCUT2D eigenvalue weighted by Crippen LogP contribution is -2.48. The Labute approximate surface area is 205 Å². The quantitative estimate of drug-likeness (QED) is 0.517. The van der Waals surface area contributed by atoms with E-state index in [-0.39, 0.29) is 24.4 Å². The summed E-state index contributed by atoms with van der Waals surface area (Å²) in [5.41, 5.74) is 3.72. The molecular weight excluding hydrogens is 442 g/mol. The van der Waals surface area contributed by atoms with Crippen molar-refractivity contribution in [3.05, 3.63) is 101 Å². The van der Waals surface area contributed by atoms with Crippen LogP contribution in [0.1, 0.15) is 47.0 Å². The van der Waals surface area contributed by atoms with Crippen LogP contribution in [0, 0.1) is 6.92 Å². The highest BCUT2D eigenvalue weighted by molar-refractivity contribution is 6.04. The minimum atomic E-state index is -0.855. The Kier molecular flexibility index (Phi) is 7.15. The Balaban J connectivity index is 1.61. The first kappa shape index (κ1) is 24.0. The molecule has 7 nitrogen and oxygen atoms in total. The largest absolute Gasteiger partial charge is 0.438 e. The molecule has 0 bridgehead atoms. The highest BCUT2D eigenvalue weighted by Gasteiger charge is 2.47. The van der Waals surface area contributed by atoms with Crippen LogP contribution in [0.15, 0.2) is 78.9 Å². The SMILES string of the molecule is Cc1ccc(CN2C(=O)OC(c3cccc(NC(=O)c4ccccc4)c3)C2C(=O)NC(C)C)cc1. The van der Waals surface area contributed by atoms with Gasteiger partial charge in [0.25, 0.3) is 5.91 Å². The van der Waals surface area contributed by atoms with Crippen molar-refractivity contribution in [1.29, 1.82) is 0 Å². The van der Waals surface area contributed by atoms with Crippen LogP contribution in [0.25, 0.3) is 0 Å². The summed E-state index contributed by atoms with van der Waals surface area (Å²) in [5.74, 6) is -0.539. The van der Waals surface area contributed by atoms with Gasteiger partial charge >= 0.3 is 6.09 Å². The number of hydrogen-bond acceptors (Lipinski definition) is 4. The van der Waals surface area contributed by atoms with Crippen molar-refractivity contribution in [3.63, 3.8) is 0 Å². The number of anilines is 1. The number of nitrogens with one attached hydrogen (secondary N) is 2. The molecule has 3 aromatic rings. The number of aryl methyl sites for hydroxylation is 1. The first-order chi connectivity index (χ1) is 16.8. The molecule has 0 aromatic heterocycles. The fourth-order valence-electron chi connectivity index (χ4n) is 4.06. The molecule has 180 valence electrons. The first-order valence-corrected chi connectivity index (χ1v) is 11.6. The zero-order valence-electron chi connectivity index (χ0n) is 20.0. The van der Waals surface area contributed by atoms with Gasteiger partial charge in [-0.3, -0.25) is 14.5 Å². The van der Waals surface area contributed by atoms with Gasteiger partial charge in [0.05, 0.1) is 6.54 Å². The summed E-state index contributed by atoms with van der Waals surface area (Å²) in [4.78, 5) is 40.2. The lowest BCUT2D eigenvalue weighted by molar-refractivity contribution is -0.126. The normalized spacial score (nSPS) is 17.3. The molecule has 1 aliphatic heterocycles. The Hall–Kier alpha value is -4.13. The van der Waals surface area contributed by atoms with E-state index < -0.39 is 18.2 Å². The lowest BCUT2D eigenvalue weighted by Gasteiger charge is -2.25. The van der Waals surface area contributed by atoms with E-state index in [1.54, 1.807) is 48.5 Å².